The lowest BCUT2D eigenvalue weighted by atomic mass is 10.1. The van der Waals surface area contributed by atoms with Crippen LogP contribution < -0.4 is 0 Å². The summed E-state index contributed by atoms with van der Waals surface area (Å²) < 4.78 is 23.5. The molecule has 0 saturated heterocycles. The summed E-state index contributed by atoms with van der Waals surface area (Å²) >= 11 is 0. The fraction of sp³-hybridized carbons (Fsp3) is 1.00. The Morgan fingerprint density at radius 3 is 1.80 bits per heavy atom. The molecule has 8 heteroatoms. The average Bonchev–Trinajstić information content (AvgIpc) is 2.10. The van der Waals surface area contributed by atoms with Gasteiger partial charge in [0.15, 0.2) is 0 Å². The van der Waals surface area contributed by atoms with Gasteiger partial charge in [0.1, 0.15) is 0 Å². The lowest BCUT2D eigenvalue weighted by Gasteiger charge is -2.35. The molecule has 1 atom stereocenters. The highest BCUT2D eigenvalue weighted by molar-refractivity contribution is 7.55. The van der Waals surface area contributed by atoms with Crippen LogP contribution in [0.4, 0.5) is 0 Å². The fourth-order valence-electron chi connectivity index (χ4n) is 1.90. The zero-order valence-corrected chi connectivity index (χ0v) is 13.9. The molecule has 0 radical (unpaired) electrons. The van der Waals surface area contributed by atoms with Crippen LogP contribution >= 0.6 is 7.60 Å². The van der Waals surface area contributed by atoms with Crippen LogP contribution in [0.25, 0.3) is 0 Å². The Bertz CT molecular complexity index is 357. The van der Waals surface area contributed by atoms with Gasteiger partial charge in [0.05, 0.1) is 12.2 Å². The van der Waals surface area contributed by atoms with Gasteiger partial charge in [-0.1, -0.05) is 13.8 Å². The molecular weight excluding hydrogens is 285 g/mol. The summed E-state index contributed by atoms with van der Waals surface area (Å²) in [6.45, 7) is 9.23. The first kappa shape index (κ1) is 19.5. The van der Waals surface area contributed by atoms with Gasteiger partial charge >= 0.3 is 7.60 Å². The molecule has 0 saturated carbocycles. The highest BCUT2D eigenvalue weighted by Gasteiger charge is 2.55. The van der Waals surface area contributed by atoms with Gasteiger partial charge in [0, 0.05) is 4.92 Å². The molecule has 0 bridgehead atoms. The van der Waals surface area contributed by atoms with E-state index < -0.39 is 36.6 Å². The van der Waals surface area contributed by atoms with Crippen LogP contribution in [0.15, 0.2) is 0 Å². The average molecular weight is 311 g/mol. The van der Waals surface area contributed by atoms with Crippen molar-refractivity contribution < 1.29 is 23.6 Å². The van der Waals surface area contributed by atoms with Crippen LogP contribution in [0, 0.1) is 16.0 Å². The summed E-state index contributed by atoms with van der Waals surface area (Å²) in [6, 6.07) is 0. The van der Waals surface area contributed by atoms with Crippen molar-refractivity contribution >= 4 is 7.60 Å². The van der Waals surface area contributed by atoms with Gasteiger partial charge in [0.2, 0.25) is 11.9 Å². The molecule has 0 aromatic heterocycles. The smallest absolute Gasteiger partial charge is 0.369 e. The zero-order valence-electron chi connectivity index (χ0n) is 13.0. The summed E-state index contributed by atoms with van der Waals surface area (Å²) in [4.78, 5) is 10.1. The molecule has 0 aliphatic heterocycles. The molecule has 20 heavy (non-hydrogen) atoms. The van der Waals surface area contributed by atoms with Crippen molar-refractivity contribution in [1.29, 1.82) is 0 Å². The van der Waals surface area contributed by atoms with E-state index in [2.05, 4.69) is 0 Å². The second-order valence-corrected chi connectivity index (χ2v) is 8.13. The predicted octanol–water partition coefficient (Wildman–Crippen LogP) is 3.04. The number of hydrogen-bond donors (Lipinski definition) is 1. The highest BCUT2D eigenvalue weighted by atomic mass is 31.2. The Kier molecular flexibility index (Phi) is 7.32. The molecule has 0 unspecified atom stereocenters. The lowest BCUT2D eigenvalue weighted by molar-refractivity contribution is -0.495. The Morgan fingerprint density at radius 2 is 1.55 bits per heavy atom. The minimum atomic E-state index is -4.05. The molecule has 1 N–H and O–H groups in total. The van der Waals surface area contributed by atoms with Crippen molar-refractivity contribution in [2.24, 2.45) is 5.92 Å². The van der Waals surface area contributed by atoms with Crippen LogP contribution in [-0.2, 0) is 13.6 Å². The van der Waals surface area contributed by atoms with Gasteiger partial charge in [-0.05, 0) is 40.0 Å². The van der Waals surface area contributed by atoms with E-state index in [0.29, 0.717) is 0 Å². The normalized spacial score (nSPS) is 15.9. The third kappa shape index (κ3) is 5.87. The molecular formula is C12H26NO6P. The Labute approximate surface area is 120 Å². The Hall–Kier alpha value is -0.490. The van der Waals surface area contributed by atoms with Crippen LogP contribution in [0.2, 0.25) is 0 Å². The van der Waals surface area contributed by atoms with E-state index in [0.717, 1.165) is 0 Å². The number of rotatable bonds is 9. The molecule has 0 rings (SSSR count). The lowest BCUT2D eigenvalue weighted by Crippen LogP contribution is -2.40. The Morgan fingerprint density at radius 1 is 1.15 bits per heavy atom. The van der Waals surface area contributed by atoms with Crippen LogP contribution in [0.1, 0.15) is 48.0 Å². The summed E-state index contributed by atoms with van der Waals surface area (Å²) in [5.74, 6) is -0.0974. The second-order valence-electron chi connectivity index (χ2n) is 5.88. The van der Waals surface area contributed by atoms with Gasteiger partial charge in [-0.25, -0.2) is 0 Å². The minimum absolute atomic E-state index is 0.0370. The first-order valence-electron chi connectivity index (χ1n) is 6.73. The Balaban J connectivity index is 5.60. The van der Waals surface area contributed by atoms with Gasteiger partial charge in [-0.2, -0.15) is 0 Å². The van der Waals surface area contributed by atoms with Crippen molar-refractivity contribution in [3.8, 4) is 0 Å². The molecule has 0 spiro atoms. The van der Waals surface area contributed by atoms with Crippen LogP contribution in [0.3, 0.4) is 0 Å². The number of aliphatic hydroxyl groups is 1. The van der Waals surface area contributed by atoms with Gasteiger partial charge in [0.25, 0.3) is 0 Å². The topological polar surface area (TPSA) is 98.9 Å². The second kappa shape index (κ2) is 7.50. The molecule has 0 amide bonds. The van der Waals surface area contributed by atoms with Crippen molar-refractivity contribution in [3.63, 3.8) is 0 Å². The van der Waals surface area contributed by atoms with Crippen molar-refractivity contribution in [2.75, 3.05) is 6.54 Å². The van der Waals surface area contributed by atoms with Crippen molar-refractivity contribution in [1.82, 2.24) is 0 Å². The standard InChI is InChI=1S/C12H26NO6P/c1-9(2)7-12(14,8-13(15)16)20(17,18-10(3)4)19-11(5)6/h9-11,14H,7-8H2,1-6H3/t12-/m1/s1. The summed E-state index contributed by atoms with van der Waals surface area (Å²) in [6.07, 6.45) is -1.000. The van der Waals surface area contributed by atoms with Gasteiger partial charge < -0.3 is 14.2 Å². The zero-order chi connectivity index (χ0) is 16.1. The van der Waals surface area contributed by atoms with Gasteiger partial charge in [-0.15, -0.1) is 0 Å². The van der Waals surface area contributed by atoms with E-state index in [4.69, 9.17) is 9.05 Å². The SMILES string of the molecule is CC(C)C[C@](O)(C[N+](=O)[O-])P(=O)(OC(C)C)OC(C)C. The minimum Gasteiger partial charge on any atom is -0.372 e. The molecule has 0 aliphatic rings. The maximum Gasteiger partial charge on any atom is 0.369 e. The predicted molar refractivity (Wildman–Crippen MR) is 76.3 cm³/mol. The monoisotopic (exact) mass is 311 g/mol. The van der Waals surface area contributed by atoms with E-state index in [-0.39, 0.29) is 12.3 Å². The fourth-order valence-corrected chi connectivity index (χ4v) is 4.33. The number of nitrogens with zero attached hydrogens (tertiary/aromatic N) is 1. The molecule has 0 aromatic rings. The largest absolute Gasteiger partial charge is 0.372 e. The highest BCUT2D eigenvalue weighted by Crippen LogP contribution is 2.62. The summed E-state index contributed by atoms with van der Waals surface area (Å²) in [5, 5.41) is 19.3. The maximum absolute atomic E-state index is 12.9. The molecule has 7 nitrogen and oxygen atoms in total. The van der Waals surface area contributed by atoms with E-state index in [9.17, 15) is 19.8 Å². The van der Waals surface area contributed by atoms with Gasteiger partial charge in [-0.3, -0.25) is 14.7 Å². The van der Waals surface area contributed by atoms with Crippen molar-refractivity contribution in [3.05, 3.63) is 10.1 Å². The molecule has 0 heterocycles. The first-order valence-corrected chi connectivity index (χ1v) is 8.27. The van der Waals surface area contributed by atoms with Crippen molar-refractivity contribution in [2.45, 2.75) is 65.5 Å². The molecule has 0 aliphatic carbocycles. The van der Waals surface area contributed by atoms with E-state index in [1.54, 1.807) is 41.5 Å². The van der Waals surface area contributed by atoms with E-state index >= 15 is 0 Å². The summed E-state index contributed by atoms with van der Waals surface area (Å²) in [5.41, 5.74) is 0. The van der Waals surface area contributed by atoms with E-state index in [1.807, 2.05) is 0 Å². The quantitative estimate of drug-likeness (QED) is 0.399. The summed E-state index contributed by atoms with van der Waals surface area (Å²) in [7, 11) is -4.05. The molecule has 0 aromatic carbocycles. The first-order chi connectivity index (χ1) is 8.92. The molecule has 120 valence electrons. The van der Waals surface area contributed by atoms with Crippen LogP contribution in [0.5, 0.6) is 0 Å². The molecule has 0 fully saturated rings. The van der Waals surface area contributed by atoms with E-state index in [1.165, 1.54) is 0 Å². The number of nitro groups is 1. The number of hydrogen-bond acceptors (Lipinski definition) is 6. The maximum atomic E-state index is 12.9. The third-order valence-electron chi connectivity index (χ3n) is 2.33. The third-order valence-corrected chi connectivity index (χ3v) is 5.07. The van der Waals surface area contributed by atoms with Crippen LogP contribution in [-0.4, -0.2) is 34.1 Å².